The second-order valence-electron chi connectivity index (χ2n) is 29.5. The smallest absolute Gasteiger partial charge is 0.493 e. The number of nitrogens with zero attached hydrogens (tertiary/aromatic N) is 2. The number of allylic oxidation sites excluding steroid dienone is 2. The second kappa shape index (κ2) is 66.3. The molecule has 2 aromatic rings. The Hall–Kier alpha value is -1.99. The molecule has 0 fully saturated rings. The SMILES string of the molecule is CCCCCCCCC1=C(c2cc(C)c(C)c(C)c2)[N+](=[N-])C(c2cc(C)c(C)c(C)c2)=C1C.[CH2-]CCCCCCCCCCCCCCCCCCCCCCCCCCCC.[CH2-]CCCCCCCCCCCCCCCCCCCCCCCCCCCC.[Ni+2]. The van der Waals surface area contributed by atoms with Gasteiger partial charge >= 0.3 is 16.5 Å². The van der Waals surface area contributed by atoms with Gasteiger partial charge < -0.3 is 19.4 Å². The molecule has 0 aromatic heterocycles. The Labute approximate surface area is 589 Å². The number of benzene rings is 2. The van der Waals surface area contributed by atoms with Crippen LogP contribution < -0.4 is 0 Å². The van der Waals surface area contributed by atoms with Crippen LogP contribution in [-0.2, 0) is 16.5 Å². The van der Waals surface area contributed by atoms with Crippen LogP contribution in [0.5, 0.6) is 0 Å². The Morgan fingerprint density at radius 1 is 0.261 bits per heavy atom. The molecule has 1 aliphatic heterocycles. The maximum absolute atomic E-state index is 11.6. The summed E-state index contributed by atoms with van der Waals surface area (Å²) in [5.74, 6) is 0. The van der Waals surface area contributed by atoms with Crippen LogP contribution in [0.2, 0.25) is 0 Å². The van der Waals surface area contributed by atoms with E-state index in [1.165, 1.54) is 415 Å². The summed E-state index contributed by atoms with van der Waals surface area (Å²) in [6.45, 7) is 29.9. The summed E-state index contributed by atoms with van der Waals surface area (Å²) in [6, 6.07) is 8.93. The average Bonchev–Trinajstić information content (AvgIpc) is 1.64. The largest absolute Gasteiger partial charge is 2.00 e. The fourth-order valence-corrected chi connectivity index (χ4v) is 14.1. The van der Waals surface area contributed by atoms with Gasteiger partial charge in [-0.2, -0.15) is 12.8 Å². The van der Waals surface area contributed by atoms with Gasteiger partial charge in [-0.25, -0.2) is 4.70 Å². The molecule has 2 aromatic carbocycles. The topological polar surface area (TPSA) is 25.3 Å². The van der Waals surface area contributed by atoms with E-state index in [1.807, 2.05) is 0 Å². The Kier molecular flexibility index (Phi) is 64.8. The fraction of sp³-hybridized carbons (Fsp3) is 0.798. The van der Waals surface area contributed by atoms with E-state index in [-0.39, 0.29) is 16.5 Å². The van der Waals surface area contributed by atoms with Gasteiger partial charge in [0.2, 0.25) is 11.4 Å². The molecule has 0 spiro atoms. The maximum atomic E-state index is 11.6. The van der Waals surface area contributed by atoms with Gasteiger partial charge in [0.1, 0.15) is 0 Å². The molecule has 0 bridgehead atoms. The Morgan fingerprint density at radius 2 is 0.435 bits per heavy atom. The number of hydrogen-bond acceptors (Lipinski definition) is 0. The second-order valence-corrected chi connectivity index (χ2v) is 29.5. The molecule has 0 saturated carbocycles. The molecule has 1 heterocycles. The third-order valence-electron chi connectivity index (χ3n) is 20.9. The van der Waals surface area contributed by atoms with Crippen molar-refractivity contribution in [2.45, 2.75) is 461 Å². The zero-order valence-corrected chi connectivity index (χ0v) is 65.1. The minimum absolute atomic E-state index is 0. The standard InChI is InChI=1S/C31H42N2.2C29H59.Ni/c1-9-10-11-12-13-14-15-29-26(8)30(27-16-20(2)24(6)21(3)17-27)33(32)31(29)28-18-22(4)25(7)23(5)19-28;2*1-3-5-7-9-11-13-15-17-19-21-23-25-27-29-28-26-24-22-20-18-16-14-12-10-8-6-4-2;/h16-19H,9-15H2,1-8H3;2*1,3-29H2,2H3;/q;2*-1;+2. The zero-order chi connectivity index (χ0) is 66.5. The Balaban J connectivity index is 0.00000135. The van der Waals surface area contributed by atoms with Gasteiger partial charge in [-0.3, -0.25) is 0 Å². The first kappa shape index (κ1) is 90.0. The molecule has 3 rings (SSSR count). The van der Waals surface area contributed by atoms with Crippen LogP contribution >= 0.6 is 0 Å². The average molecular weight is 1320 g/mol. The van der Waals surface area contributed by atoms with E-state index in [2.05, 4.69) is 107 Å². The van der Waals surface area contributed by atoms with Gasteiger partial charge in [0.25, 0.3) is 0 Å². The van der Waals surface area contributed by atoms with Gasteiger partial charge in [-0.05, 0) is 119 Å². The summed E-state index contributed by atoms with van der Waals surface area (Å²) in [4.78, 5) is 0. The van der Waals surface area contributed by atoms with Gasteiger partial charge in [0.05, 0.1) is 0 Å². The van der Waals surface area contributed by atoms with Crippen LogP contribution in [0.1, 0.15) is 464 Å². The molecule has 536 valence electrons. The third kappa shape index (κ3) is 47.8. The Bertz CT molecular complexity index is 1880. The van der Waals surface area contributed by atoms with Crippen LogP contribution in [0, 0.1) is 55.4 Å². The number of unbranched alkanes of at least 4 members (excludes halogenated alkanes) is 57. The van der Waals surface area contributed by atoms with Gasteiger partial charge in [0.15, 0.2) is 0 Å². The zero-order valence-electron chi connectivity index (χ0n) is 64.1. The first-order chi connectivity index (χ1) is 44.5. The molecule has 0 aliphatic carbocycles. The number of hydrogen-bond donors (Lipinski definition) is 0. The van der Waals surface area contributed by atoms with Crippen molar-refractivity contribution in [3.63, 3.8) is 0 Å². The third-order valence-corrected chi connectivity index (χ3v) is 20.9. The van der Waals surface area contributed by atoms with Gasteiger partial charge in [-0.1, -0.05) is 387 Å². The van der Waals surface area contributed by atoms with Crippen molar-refractivity contribution in [2.75, 3.05) is 0 Å². The Morgan fingerprint density at radius 3 is 0.630 bits per heavy atom. The summed E-state index contributed by atoms with van der Waals surface area (Å²) in [5, 5.41) is 0. The van der Waals surface area contributed by atoms with Crippen molar-refractivity contribution in [3.05, 3.63) is 99.3 Å². The van der Waals surface area contributed by atoms with Crippen LogP contribution in [-0.4, -0.2) is 4.70 Å². The molecule has 1 aliphatic rings. The molecule has 0 radical (unpaired) electrons. The molecule has 0 N–H and O–H groups in total. The van der Waals surface area contributed by atoms with E-state index in [1.54, 1.807) is 0 Å². The molecule has 92 heavy (non-hydrogen) atoms. The number of aryl methyl sites for hydroxylation is 4. The first-order valence-electron chi connectivity index (χ1n) is 41.2. The minimum Gasteiger partial charge on any atom is -0.493 e. The van der Waals surface area contributed by atoms with E-state index >= 15 is 0 Å². The van der Waals surface area contributed by atoms with Crippen molar-refractivity contribution in [2.24, 2.45) is 0 Å². The van der Waals surface area contributed by atoms with Crippen LogP contribution in [0.3, 0.4) is 0 Å². The monoisotopic (exact) mass is 1320 g/mol. The minimum atomic E-state index is 0. The molecule has 2 nitrogen and oxygen atoms in total. The molecule has 0 saturated heterocycles. The summed E-state index contributed by atoms with van der Waals surface area (Å²) in [5.41, 5.74) is 26.0. The molecule has 3 heteroatoms. The van der Waals surface area contributed by atoms with Crippen molar-refractivity contribution < 1.29 is 21.2 Å². The van der Waals surface area contributed by atoms with E-state index in [0.29, 0.717) is 0 Å². The van der Waals surface area contributed by atoms with Crippen molar-refractivity contribution >= 4 is 11.4 Å². The molecule has 0 atom stereocenters. The number of rotatable bonds is 61. The van der Waals surface area contributed by atoms with Crippen molar-refractivity contribution in [1.82, 2.24) is 0 Å². The van der Waals surface area contributed by atoms with Crippen LogP contribution in [0.15, 0.2) is 35.4 Å². The van der Waals surface area contributed by atoms with E-state index in [0.717, 1.165) is 48.2 Å². The molecular formula is C89H160N2Ni. The van der Waals surface area contributed by atoms with Gasteiger partial charge in [0, 0.05) is 22.3 Å². The summed E-state index contributed by atoms with van der Waals surface area (Å²) >= 11 is 0. The van der Waals surface area contributed by atoms with Crippen molar-refractivity contribution in [3.8, 4) is 0 Å². The summed E-state index contributed by atoms with van der Waals surface area (Å²) < 4.78 is 1.48. The van der Waals surface area contributed by atoms with Crippen LogP contribution in [0.25, 0.3) is 16.9 Å². The van der Waals surface area contributed by atoms with E-state index in [9.17, 15) is 5.53 Å². The fourth-order valence-electron chi connectivity index (χ4n) is 14.1. The predicted molar refractivity (Wildman–Crippen MR) is 414 cm³/mol. The maximum Gasteiger partial charge on any atom is 2.00 e. The molecule has 0 amide bonds. The van der Waals surface area contributed by atoms with E-state index in [4.69, 9.17) is 0 Å². The summed E-state index contributed by atoms with van der Waals surface area (Å²) in [7, 11) is 0. The predicted octanol–water partition coefficient (Wildman–Crippen LogP) is 32.2. The molecule has 0 unspecified atom stereocenters. The normalized spacial score (nSPS) is 12.2. The summed E-state index contributed by atoms with van der Waals surface area (Å²) in [6.07, 6.45) is 87.2. The quantitative estimate of drug-likeness (QED) is 0.0273. The van der Waals surface area contributed by atoms with E-state index < -0.39 is 0 Å². The van der Waals surface area contributed by atoms with Crippen molar-refractivity contribution in [1.29, 1.82) is 0 Å². The van der Waals surface area contributed by atoms with Crippen LogP contribution in [0.4, 0.5) is 0 Å². The van der Waals surface area contributed by atoms with Gasteiger partial charge in [-0.15, -0.1) is 0 Å². The first-order valence-corrected chi connectivity index (χ1v) is 41.2. The molecular weight excluding hydrogens is 1160 g/mol.